The molecule has 1 aliphatic carbocycles. The number of alkyl halides is 1. The van der Waals surface area contributed by atoms with Gasteiger partial charge in [-0.2, -0.15) is 0 Å². The average Bonchev–Trinajstić information content (AvgIpc) is 2.02. The molecule has 1 fully saturated rings. The summed E-state index contributed by atoms with van der Waals surface area (Å²) >= 11 is 0. The van der Waals surface area contributed by atoms with Crippen LogP contribution in [0.3, 0.4) is 0 Å². The third-order valence-electron chi connectivity index (χ3n) is 2.33. The molecule has 0 aromatic rings. The molecule has 0 aliphatic heterocycles. The fourth-order valence-corrected chi connectivity index (χ4v) is 2.02. The van der Waals surface area contributed by atoms with Gasteiger partial charge in [0.2, 0.25) is 0 Å². The monoisotopic (exact) mass is 210 g/mol. The summed E-state index contributed by atoms with van der Waals surface area (Å²) in [6.07, 6.45) is 1.97. The van der Waals surface area contributed by atoms with Crippen molar-refractivity contribution < 1.29 is 18.4 Å². The Morgan fingerprint density at radius 3 is 2.46 bits per heavy atom. The van der Waals surface area contributed by atoms with Gasteiger partial charge in [0.05, 0.1) is 6.61 Å². The molecule has 1 unspecified atom stereocenters. The fraction of sp³-hybridized carbons (Fsp3) is 1.00. The minimum Gasteiger partial charge on any atom is -0.324 e. The van der Waals surface area contributed by atoms with Crippen molar-refractivity contribution in [3.63, 3.8) is 0 Å². The minimum absolute atomic E-state index is 0.257. The standard InChI is InChI=1S/C8H16FO3P/c1-13(10,11)12-6-7-2-4-8(9)5-3-7/h7-8H,2-6H2,1H3,(H,10,11). The van der Waals surface area contributed by atoms with Crippen LogP contribution in [0.5, 0.6) is 0 Å². The second kappa shape index (κ2) is 4.54. The lowest BCUT2D eigenvalue weighted by molar-refractivity contribution is 0.149. The summed E-state index contributed by atoms with van der Waals surface area (Å²) in [5.74, 6) is 0.257. The van der Waals surface area contributed by atoms with E-state index in [4.69, 9.17) is 9.42 Å². The van der Waals surface area contributed by atoms with Crippen LogP contribution in [-0.2, 0) is 9.09 Å². The third-order valence-corrected chi connectivity index (χ3v) is 2.95. The highest BCUT2D eigenvalue weighted by Crippen LogP contribution is 2.38. The summed E-state index contributed by atoms with van der Waals surface area (Å²) in [5.41, 5.74) is 0. The van der Waals surface area contributed by atoms with E-state index in [2.05, 4.69) is 0 Å². The number of rotatable bonds is 3. The van der Waals surface area contributed by atoms with E-state index in [0.29, 0.717) is 12.8 Å². The van der Waals surface area contributed by atoms with Gasteiger partial charge in [0, 0.05) is 6.66 Å². The first-order valence-corrected chi connectivity index (χ1v) is 6.59. The van der Waals surface area contributed by atoms with E-state index in [0.717, 1.165) is 12.8 Å². The summed E-state index contributed by atoms with van der Waals surface area (Å²) in [7, 11) is -3.34. The Balaban J connectivity index is 2.20. The maximum atomic E-state index is 12.7. The highest BCUT2D eigenvalue weighted by atomic mass is 31.2. The average molecular weight is 210 g/mol. The van der Waals surface area contributed by atoms with Gasteiger partial charge in [0.1, 0.15) is 6.17 Å². The first-order chi connectivity index (χ1) is 5.97. The first kappa shape index (κ1) is 11.2. The van der Waals surface area contributed by atoms with Gasteiger partial charge in [0.25, 0.3) is 0 Å². The van der Waals surface area contributed by atoms with Crippen LogP contribution in [0.1, 0.15) is 25.7 Å². The molecule has 1 N–H and O–H groups in total. The van der Waals surface area contributed by atoms with E-state index in [-0.39, 0.29) is 12.5 Å². The summed E-state index contributed by atoms with van der Waals surface area (Å²) < 4.78 is 28.3. The van der Waals surface area contributed by atoms with Crippen LogP contribution in [0.2, 0.25) is 0 Å². The smallest absolute Gasteiger partial charge is 0.324 e. The van der Waals surface area contributed by atoms with Crippen LogP contribution in [0.15, 0.2) is 0 Å². The SMILES string of the molecule is CP(=O)(O)OCC1CCC(F)CC1. The Labute approximate surface area is 77.8 Å². The van der Waals surface area contributed by atoms with Crippen molar-refractivity contribution >= 4 is 7.60 Å². The molecule has 78 valence electrons. The van der Waals surface area contributed by atoms with Crippen molar-refractivity contribution in [3.05, 3.63) is 0 Å². The summed E-state index contributed by atoms with van der Waals surface area (Å²) in [4.78, 5) is 8.86. The van der Waals surface area contributed by atoms with Crippen LogP contribution in [0, 0.1) is 5.92 Å². The fourth-order valence-electron chi connectivity index (χ4n) is 1.53. The van der Waals surface area contributed by atoms with Crippen molar-refractivity contribution in [2.45, 2.75) is 31.9 Å². The highest BCUT2D eigenvalue weighted by Gasteiger charge is 2.22. The zero-order valence-electron chi connectivity index (χ0n) is 7.78. The second-order valence-corrected chi connectivity index (χ2v) is 5.58. The molecule has 13 heavy (non-hydrogen) atoms. The van der Waals surface area contributed by atoms with Crippen molar-refractivity contribution in [1.82, 2.24) is 0 Å². The molecule has 0 aromatic carbocycles. The molecule has 3 nitrogen and oxygen atoms in total. The Kier molecular flexibility index (Phi) is 3.89. The number of hydrogen-bond donors (Lipinski definition) is 1. The number of halogens is 1. The van der Waals surface area contributed by atoms with Gasteiger partial charge in [-0.25, -0.2) is 4.39 Å². The molecule has 5 heteroatoms. The first-order valence-electron chi connectivity index (χ1n) is 4.56. The molecule has 0 bridgehead atoms. The van der Waals surface area contributed by atoms with Crippen molar-refractivity contribution in [2.24, 2.45) is 5.92 Å². The van der Waals surface area contributed by atoms with Gasteiger partial charge in [-0.3, -0.25) is 4.57 Å². The Bertz CT molecular complexity index is 196. The molecule has 1 atom stereocenters. The topological polar surface area (TPSA) is 46.5 Å². The summed E-state index contributed by atoms with van der Waals surface area (Å²) in [5, 5.41) is 0. The summed E-state index contributed by atoms with van der Waals surface area (Å²) in [6, 6.07) is 0. The number of hydrogen-bond acceptors (Lipinski definition) is 2. The molecule has 0 radical (unpaired) electrons. The molecule has 0 aromatic heterocycles. The Morgan fingerprint density at radius 2 is 2.00 bits per heavy atom. The molecule has 1 saturated carbocycles. The predicted molar refractivity (Wildman–Crippen MR) is 48.6 cm³/mol. The van der Waals surface area contributed by atoms with Crippen molar-refractivity contribution in [3.8, 4) is 0 Å². The van der Waals surface area contributed by atoms with Crippen LogP contribution >= 0.6 is 7.60 Å². The largest absolute Gasteiger partial charge is 0.325 e. The van der Waals surface area contributed by atoms with E-state index in [9.17, 15) is 8.96 Å². The quantitative estimate of drug-likeness (QED) is 0.727. The van der Waals surface area contributed by atoms with Crippen LogP contribution < -0.4 is 0 Å². The lowest BCUT2D eigenvalue weighted by atomic mass is 9.89. The Hall–Kier alpha value is 0.0800. The molecule has 0 amide bonds. The zero-order chi connectivity index (χ0) is 9.90. The lowest BCUT2D eigenvalue weighted by Gasteiger charge is -2.24. The van der Waals surface area contributed by atoms with Crippen LogP contribution in [0.4, 0.5) is 4.39 Å². The van der Waals surface area contributed by atoms with Gasteiger partial charge in [-0.05, 0) is 31.6 Å². The molecule has 1 aliphatic rings. The highest BCUT2D eigenvalue weighted by molar-refractivity contribution is 7.51. The van der Waals surface area contributed by atoms with E-state index >= 15 is 0 Å². The van der Waals surface area contributed by atoms with Crippen LogP contribution in [0.25, 0.3) is 0 Å². The maximum Gasteiger partial charge on any atom is 0.325 e. The zero-order valence-corrected chi connectivity index (χ0v) is 8.67. The van der Waals surface area contributed by atoms with Crippen molar-refractivity contribution in [2.75, 3.05) is 13.3 Å². The predicted octanol–water partition coefficient (Wildman–Crippen LogP) is 2.35. The minimum atomic E-state index is -3.34. The lowest BCUT2D eigenvalue weighted by Crippen LogP contribution is -2.18. The third kappa shape index (κ3) is 4.75. The molecular formula is C8H16FO3P. The van der Waals surface area contributed by atoms with Crippen LogP contribution in [-0.4, -0.2) is 24.3 Å². The molecule has 0 spiro atoms. The van der Waals surface area contributed by atoms with Gasteiger partial charge in [0.15, 0.2) is 0 Å². The van der Waals surface area contributed by atoms with Gasteiger partial charge in [-0.15, -0.1) is 0 Å². The maximum absolute atomic E-state index is 12.7. The Morgan fingerprint density at radius 1 is 1.46 bits per heavy atom. The van der Waals surface area contributed by atoms with Gasteiger partial charge >= 0.3 is 7.60 Å². The van der Waals surface area contributed by atoms with E-state index < -0.39 is 13.8 Å². The molecular weight excluding hydrogens is 194 g/mol. The van der Waals surface area contributed by atoms with Crippen molar-refractivity contribution in [1.29, 1.82) is 0 Å². The van der Waals surface area contributed by atoms with E-state index in [1.165, 1.54) is 6.66 Å². The molecule has 0 heterocycles. The molecule has 1 rings (SSSR count). The second-order valence-electron chi connectivity index (χ2n) is 3.72. The normalized spacial score (nSPS) is 34.1. The van der Waals surface area contributed by atoms with Gasteiger partial charge < -0.3 is 9.42 Å². The summed E-state index contributed by atoms with van der Waals surface area (Å²) in [6.45, 7) is 1.46. The van der Waals surface area contributed by atoms with E-state index in [1.54, 1.807) is 0 Å². The molecule has 0 saturated heterocycles. The van der Waals surface area contributed by atoms with E-state index in [1.807, 2.05) is 0 Å². The van der Waals surface area contributed by atoms with Gasteiger partial charge in [-0.1, -0.05) is 0 Å².